The van der Waals surface area contributed by atoms with E-state index in [1.165, 1.54) is 24.5 Å². The molecular formula is C17H26FN3O2. The quantitative estimate of drug-likeness (QED) is 0.700. The van der Waals surface area contributed by atoms with Gasteiger partial charge in [0.25, 0.3) is 0 Å². The zero-order chi connectivity index (χ0) is 17.9. The van der Waals surface area contributed by atoms with E-state index in [4.69, 9.17) is 10.8 Å². The molecule has 0 spiro atoms. The molecule has 0 aliphatic rings. The highest BCUT2D eigenvalue weighted by atomic mass is 19.1. The predicted molar refractivity (Wildman–Crippen MR) is 92.2 cm³/mol. The van der Waals surface area contributed by atoms with Gasteiger partial charge in [-0.15, -0.1) is 0 Å². The molecule has 0 unspecified atom stereocenters. The lowest BCUT2D eigenvalue weighted by Crippen LogP contribution is -2.16. The van der Waals surface area contributed by atoms with E-state index in [9.17, 15) is 9.50 Å². The molecular weight excluding hydrogens is 297 g/mol. The fraction of sp³-hybridized carbons (Fsp3) is 0.353. The van der Waals surface area contributed by atoms with Gasteiger partial charge in [0.15, 0.2) is 0 Å². The minimum Gasteiger partial charge on any atom is -0.403 e. The lowest BCUT2D eigenvalue weighted by Gasteiger charge is -2.18. The first kappa shape index (κ1) is 20.8. The fourth-order valence-corrected chi connectivity index (χ4v) is 1.46. The summed E-state index contributed by atoms with van der Waals surface area (Å²) in [6.07, 6.45) is 6.42. The average Bonchev–Trinajstić information content (AvgIpc) is 2.50. The highest BCUT2D eigenvalue weighted by Gasteiger charge is 2.17. The van der Waals surface area contributed by atoms with E-state index in [0.29, 0.717) is 11.1 Å². The number of nitrogens with zero attached hydrogens (tertiary/aromatic N) is 2. The molecule has 5 nitrogen and oxygen atoms in total. The van der Waals surface area contributed by atoms with Crippen LogP contribution >= 0.6 is 0 Å². The molecule has 0 bridgehead atoms. The first-order valence-corrected chi connectivity index (χ1v) is 7.09. The van der Waals surface area contributed by atoms with Crippen molar-refractivity contribution in [2.75, 3.05) is 13.6 Å². The van der Waals surface area contributed by atoms with Gasteiger partial charge in [-0.25, -0.2) is 4.39 Å². The third-order valence-electron chi connectivity index (χ3n) is 2.81. The van der Waals surface area contributed by atoms with Crippen LogP contribution in [-0.2, 0) is 12.2 Å². The highest BCUT2D eigenvalue weighted by molar-refractivity contribution is 5.60. The minimum atomic E-state index is -1.08. The number of aliphatic hydroxyl groups excluding tert-OH is 1. The number of halogens is 1. The van der Waals surface area contributed by atoms with Crippen molar-refractivity contribution in [2.45, 2.75) is 26.1 Å². The van der Waals surface area contributed by atoms with Crippen LogP contribution in [0.25, 0.3) is 0 Å². The maximum Gasteiger partial charge on any atom is 0.123 e. The Hall–Kier alpha value is -2.18. The van der Waals surface area contributed by atoms with E-state index >= 15 is 0 Å². The van der Waals surface area contributed by atoms with Gasteiger partial charge in [-0.05, 0) is 43.3 Å². The van der Waals surface area contributed by atoms with Crippen molar-refractivity contribution < 1.29 is 14.6 Å². The summed E-state index contributed by atoms with van der Waals surface area (Å²) in [6, 6.07) is 4.09. The number of hydrogen-bond donors (Lipinski definition) is 3. The Bertz CT molecular complexity index is 537. The summed E-state index contributed by atoms with van der Waals surface area (Å²) in [5, 5.41) is 18.4. The second-order valence-corrected chi connectivity index (χ2v) is 5.36. The molecule has 0 saturated carbocycles. The van der Waals surface area contributed by atoms with E-state index in [1.54, 1.807) is 32.3 Å². The molecule has 1 aromatic carbocycles. The van der Waals surface area contributed by atoms with Gasteiger partial charge in [0.05, 0.1) is 18.8 Å². The maximum atomic E-state index is 12.9. The van der Waals surface area contributed by atoms with Crippen LogP contribution in [0.3, 0.4) is 0 Å². The standard InChI is InChI=1S/C10H13FO2.C7H13N3/c1-10(2,13)8-3-7(6-12)4-9(11)5-8;1-3-10(2)7-6-9-5-4-8/h3-5,12-13H,6H2,1-2H3;3-6H,1,7-8H2,2H3/b;5-4+,9-6?. The third kappa shape index (κ3) is 9.44. The van der Waals surface area contributed by atoms with Crippen LogP contribution in [0, 0.1) is 5.82 Å². The molecule has 0 saturated heterocycles. The second kappa shape index (κ2) is 10.5. The van der Waals surface area contributed by atoms with Crippen molar-refractivity contribution in [1.82, 2.24) is 4.90 Å². The molecule has 0 aliphatic carbocycles. The molecule has 0 fully saturated rings. The Morgan fingerprint density at radius 3 is 2.52 bits per heavy atom. The predicted octanol–water partition coefficient (Wildman–Crippen LogP) is 2.11. The molecule has 0 heterocycles. The Balaban J connectivity index is 0.000000438. The first-order chi connectivity index (χ1) is 10.7. The number of benzene rings is 1. The van der Waals surface area contributed by atoms with Crippen molar-refractivity contribution in [3.05, 3.63) is 60.3 Å². The van der Waals surface area contributed by atoms with E-state index < -0.39 is 11.4 Å². The smallest absolute Gasteiger partial charge is 0.123 e. The van der Waals surface area contributed by atoms with Gasteiger partial charge in [0.1, 0.15) is 5.82 Å². The summed E-state index contributed by atoms with van der Waals surface area (Å²) < 4.78 is 12.9. The molecule has 128 valence electrons. The zero-order valence-electron chi connectivity index (χ0n) is 13.9. The van der Waals surface area contributed by atoms with Gasteiger partial charge in [0.2, 0.25) is 0 Å². The first-order valence-electron chi connectivity index (χ1n) is 7.09. The summed E-state index contributed by atoms with van der Waals surface area (Å²) >= 11 is 0. The van der Waals surface area contributed by atoms with E-state index in [-0.39, 0.29) is 6.61 Å². The Kier molecular flexibility index (Phi) is 9.53. The number of rotatable bonds is 6. The van der Waals surface area contributed by atoms with Crippen LogP contribution in [0.5, 0.6) is 0 Å². The molecule has 0 aromatic heterocycles. The Labute approximate surface area is 137 Å². The molecule has 0 aliphatic heterocycles. The van der Waals surface area contributed by atoms with Crippen molar-refractivity contribution in [3.8, 4) is 0 Å². The third-order valence-corrected chi connectivity index (χ3v) is 2.81. The van der Waals surface area contributed by atoms with Crippen molar-refractivity contribution in [1.29, 1.82) is 0 Å². The summed E-state index contributed by atoms with van der Waals surface area (Å²) in [5.74, 6) is -0.441. The van der Waals surface area contributed by atoms with Gasteiger partial charge in [-0.2, -0.15) is 0 Å². The van der Waals surface area contributed by atoms with Crippen LogP contribution in [-0.4, -0.2) is 34.9 Å². The molecule has 0 amide bonds. The number of hydrogen-bond acceptors (Lipinski definition) is 5. The fourth-order valence-electron chi connectivity index (χ4n) is 1.46. The van der Waals surface area contributed by atoms with Crippen molar-refractivity contribution >= 4 is 6.21 Å². The number of aliphatic hydroxyl groups is 2. The number of aliphatic imine (C=N–C) groups is 1. The largest absolute Gasteiger partial charge is 0.403 e. The summed E-state index contributed by atoms with van der Waals surface area (Å²) in [7, 11) is 1.92. The van der Waals surface area contributed by atoms with Gasteiger partial charge >= 0.3 is 0 Å². The van der Waals surface area contributed by atoms with E-state index in [1.807, 2.05) is 11.9 Å². The highest BCUT2D eigenvalue weighted by Crippen LogP contribution is 2.21. The van der Waals surface area contributed by atoms with Gasteiger partial charge < -0.3 is 20.8 Å². The summed E-state index contributed by atoms with van der Waals surface area (Å²) in [4.78, 5) is 5.77. The van der Waals surface area contributed by atoms with Gasteiger partial charge in [-0.3, -0.25) is 4.99 Å². The monoisotopic (exact) mass is 323 g/mol. The van der Waals surface area contributed by atoms with Crippen LogP contribution in [0.1, 0.15) is 25.0 Å². The summed E-state index contributed by atoms with van der Waals surface area (Å²) in [5.41, 5.74) is 4.91. The lowest BCUT2D eigenvalue weighted by atomic mass is 9.96. The topological polar surface area (TPSA) is 82.1 Å². The van der Waals surface area contributed by atoms with E-state index in [0.717, 1.165) is 6.54 Å². The minimum absolute atomic E-state index is 0.221. The van der Waals surface area contributed by atoms with Crippen molar-refractivity contribution in [2.24, 2.45) is 10.7 Å². The van der Waals surface area contributed by atoms with E-state index in [2.05, 4.69) is 11.6 Å². The lowest BCUT2D eigenvalue weighted by molar-refractivity contribution is 0.0780. The molecule has 6 heteroatoms. The molecule has 1 rings (SSSR count). The maximum absolute atomic E-state index is 12.9. The number of nitrogens with two attached hydrogens (primary N) is 1. The SMILES string of the molecule is C=CN(C)CC=N/C=C/N.CC(C)(O)c1cc(F)cc(CO)c1. The van der Waals surface area contributed by atoms with Gasteiger partial charge in [-0.1, -0.05) is 12.6 Å². The molecule has 1 aromatic rings. The Morgan fingerprint density at radius 2 is 2.04 bits per heavy atom. The second-order valence-electron chi connectivity index (χ2n) is 5.36. The van der Waals surface area contributed by atoms with Crippen LogP contribution < -0.4 is 5.73 Å². The normalized spacial score (nSPS) is 11.4. The molecule has 0 atom stereocenters. The molecule has 0 radical (unpaired) electrons. The summed E-state index contributed by atoms with van der Waals surface area (Å²) in [6.45, 7) is 7.26. The van der Waals surface area contributed by atoms with Crippen LogP contribution in [0.15, 0.2) is 48.4 Å². The van der Waals surface area contributed by atoms with Crippen molar-refractivity contribution in [3.63, 3.8) is 0 Å². The molecule has 23 heavy (non-hydrogen) atoms. The zero-order valence-corrected chi connectivity index (χ0v) is 13.9. The Morgan fingerprint density at radius 1 is 1.39 bits per heavy atom. The van der Waals surface area contributed by atoms with Crippen LogP contribution in [0.2, 0.25) is 0 Å². The average molecular weight is 323 g/mol. The molecule has 4 N–H and O–H groups in total. The van der Waals surface area contributed by atoms with Gasteiger partial charge in [0, 0.05) is 25.7 Å². The van der Waals surface area contributed by atoms with Crippen LogP contribution in [0.4, 0.5) is 4.39 Å².